The molecule has 0 amide bonds. The molecule has 0 spiro atoms. The average molecular weight is 237 g/mol. The standard InChI is InChI=1S/C13H16FNO2/c1-3-6-15(7-8-17-2)13-5-4-12(14)9-11(13)10-16/h3-5,9-10H,1,6-8H2,2H3. The molecule has 0 fully saturated rings. The van der Waals surface area contributed by atoms with Gasteiger partial charge in [-0.15, -0.1) is 6.58 Å². The van der Waals surface area contributed by atoms with Gasteiger partial charge in [0.05, 0.1) is 6.61 Å². The first kappa shape index (κ1) is 13.4. The molecule has 0 unspecified atom stereocenters. The first-order valence-electron chi connectivity index (χ1n) is 5.32. The lowest BCUT2D eigenvalue weighted by molar-refractivity contribution is 0.112. The summed E-state index contributed by atoms with van der Waals surface area (Å²) in [4.78, 5) is 12.8. The van der Waals surface area contributed by atoms with E-state index in [1.807, 2.05) is 4.90 Å². The maximum atomic E-state index is 13.0. The zero-order valence-electron chi connectivity index (χ0n) is 9.86. The highest BCUT2D eigenvalue weighted by atomic mass is 19.1. The molecule has 4 heteroatoms. The first-order valence-corrected chi connectivity index (χ1v) is 5.32. The summed E-state index contributed by atoms with van der Waals surface area (Å²) in [5.74, 6) is -0.416. The number of benzene rings is 1. The van der Waals surface area contributed by atoms with E-state index < -0.39 is 5.82 Å². The van der Waals surface area contributed by atoms with Crippen LogP contribution in [0.5, 0.6) is 0 Å². The fraction of sp³-hybridized carbons (Fsp3) is 0.308. The van der Waals surface area contributed by atoms with Crippen LogP contribution in [-0.2, 0) is 4.74 Å². The van der Waals surface area contributed by atoms with E-state index >= 15 is 0 Å². The van der Waals surface area contributed by atoms with Gasteiger partial charge in [0.1, 0.15) is 5.82 Å². The highest BCUT2D eigenvalue weighted by Crippen LogP contribution is 2.20. The molecule has 0 aliphatic rings. The normalized spacial score (nSPS) is 10.0. The van der Waals surface area contributed by atoms with Crippen LogP contribution in [0.3, 0.4) is 0 Å². The molecule has 0 bridgehead atoms. The summed E-state index contributed by atoms with van der Waals surface area (Å²) in [5.41, 5.74) is 1.03. The molecule has 0 saturated carbocycles. The molecule has 0 N–H and O–H groups in total. The zero-order valence-corrected chi connectivity index (χ0v) is 9.86. The summed E-state index contributed by atoms with van der Waals surface area (Å²) < 4.78 is 18.0. The minimum absolute atomic E-state index is 0.336. The van der Waals surface area contributed by atoms with Gasteiger partial charge in [-0.25, -0.2) is 4.39 Å². The third-order valence-corrected chi connectivity index (χ3v) is 2.37. The van der Waals surface area contributed by atoms with Crippen LogP contribution in [0.15, 0.2) is 30.9 Å². The highest BCUT2D eigenvalue weighted by Gasteiger charge is 2.10. The van der Waals surface area contributed by atoms with Gasteiger partial charge in [-0.05, 0) is 18.2 Å². The van der Waals surface area contributed by atoms with Gasteiger partial charge in [0, 0.05) is 31.5 Å². The number of carbonyl (C=O) groups excluding carboxylic acids is 1. The molecule has 92 valence electrons. The Bertz CT molecular complexity index is 393. The van der Waals surface area contributed by atoms with E-state index in [0.29, 0.717) is 37.2 Å². The van der Waals surface area contributed by atoms with Crippen molar-refractivity contribution in [3.8, 4) is 0 Å². The molecule has 0 heterocycles. The minimum Gasteiger partial charge on any atom is -0.383 e. The number of anilines is 1. The number of methoxy groups -OCH3 is 1. The number of hydrogen-bond acceptors (Lipinski definition) is 3. The lowest BCUT2D eigenvalue weighted by Crippen LogP contribution is -2.28. The Morgan fingerprint density at radius 3 is 2.88 bits per heavy atom. The molecule has 1 aromatic rings. The predicted molar refractivity (Wildman–Crippen MR) is 66.1 cm³/mol. The number of aldehydes is 1. The molecule has 0 radical (unpaired) electrons. The average Bonchev–Trinajstić information content (AvgIpc) is 2.34. The number of carbonyl (C=O) groups is 1. The molecule has 3 nitrogen and oxygen atoms in total. The third-order valence-electron chi connectivity index (χ3n) is 2.37. The van der Waals surface area contributed by atoms with Crippen molar-refractivity contribution < 1.29 is 13.9 Å². The van der Waals surface area contributed by atoms with E-state index in [9.17, 15) is 9.18 Å². The maximum absolute atomic E-state index is 13.0. The second-order valence-corrected chi connectivity index (χ2v) is 3.55. The molecule has 0 aromatic heterocycles. The van der Waals surface area contributed by atoms with E-state index in [1.54, 1.807) is 19.3 Å². The Labute approximate surface area is 100 Å². The number of rotatable bonds is 7. The highest BCUT2D eigenvalue weighted by molar-refractivity contribution is 5.84. The molecular weight excluding hydrogens is 221 g/mol. The third kappa shape index (κ3) is 3.67. The summed E-state index contributed by atoms with van der Waals surface area (Å²) in [6.07, 6.45) is 2.38. The van der Waals surface area contributed by atoms with Crippen molar-refractivity contribution in [1.82, 2.24) is 0 Å². The Kier molecular flexibility index (Phi) is 5.36. The molecular formula is C13H16FNO2. The number of nitrogens with zero attached hydrogens (tertiary/aromatic N) is 1. The van der Waals surface area contributed by atoms with Crippen molar-refractivity contribution in [3.63, 3.8) is 0 Å². The monoisotopic (exact) mass is 237 g/mol. The maximum Gasteiger partial charge on any atom is 0.152 e. The quantitative estimate of drug-likeness (QED) is 0.538. The molecule has 1 aromatic carbocycles. The van der Waals surface area contributed by atoms with Crippen molar-refractivity contribution in [1.29, 1.82) is 0 Å². The summed E-state index contributed by atoms with van der Waals surface area (Å²) in [6.45, 7) is 5.39. The molecule has 0 saturated heterocycles. The van der Waals surface area contributed by atoms with Crippen molar-refractivity contribution in [2.45, 2.75) is 0 Å². The van der Waals surface area contributed by atoms with E-state index in [0.717, 1.165) is 0 Å². The smallest absolute Gasteiger partial charge is 0.152 e. The molecule has 17 heavy (non-hydrogen) atoms. The summed E-state index contributed by atoms with van der Waals surface area (Å²) in [5, 5.41) is 0. The van der Waals surface area contributed by atoms with Crippen LogP contribution < -0.4 is 4.90 Å². The zero-order chi connectivity index (χ0) is 12.7. The van der Waals surface area contributed by atoms with Gasteiger partial charge in [0.25, 0.3) is 0 Å². The van der Waals surface area contributed by atoms with Crippen molar-refractivity contribution in [2.75, 3.05) is 31.7 Å². The molecule has 0 atom stereocenters. The SMILES string of the molecule is C=CCN(CCOC)c1ccc(F)cc1C=O. The molecule has 0 aliphatic carbocycles. The summed E-state index contributed by atoms with van der Waals surface area (Å²) >= 11 is 0. The van der Waals surface area contributed by atoms with Crippen LogP contribution >= 0.6 is 0 Å². The second-order valence-electron chi connectivity index (χ2n) is 3.55. The van der Waals surface area contributed by atoms with E-state index in [2.05, 4.69) is 6.58 Å². The van der Waals surface area contributed by atoms with Gasteiger partial charge in [-0.1, -0.05) is 6.08 Å². The van der Waals surface area contributed by atoms with Crippen LogP contribution in [-0.4, -0.2) is 33.1 Å². The van der Waals surface area contributed by atoms with Crippen molar-refractivity contribution >= 4 is 12.0 Å². The summed E-state index contributed by atoms with van der Waals surface area (Å²) in [7, 11) is 1.61. The van der Waals surface area contributed by atoms with Crippen LogP contribution in [0.1, 0.15) is 10.4 Å². The number of hydrogen-bond donors (Lipinski definition) is 0. The van der Waals surface area contributed by atoms with Crippen LogP contribution in [0.4, 0.5) is 10.1 Å². The number of halogens is 1. The Balaban J connectivity index is 2.99. The fourth-order valence-corrected chi connectivity index (χ4v) is 1.58. The van der Waals surface area contributed by atoms with E-state index in [4.69, 9.17) is 4.74 Å². The van der Waals surface area contributed by atoms with Gasteiger partial charge < -0.3 is 9.64 Å². The first-order chi connectivity index (χ1) is 8.22. The Morgan fingerprint density at radius 2 is 2.29 bits per heavy atom. The second kappa shape index (κ2) is 6.81. The minimum atomic E-state index is -0.416. The van der Waals surface area contributed by atoms with Crippen molar-refractivity contribution in [3.05, 3.63) is 42.2 Å². The fourth-order valence-electron chi connectivity index (χ4n) is 1.58. The van der Waals surface area contributed by atoms with E-state index in [1.165, 1.54) is 12.1 Å². The largest absolute Gasteiger partial charge is 0.383 e. The van der Waals surface area contributed by atoms with Crippen LogP contribution in [0, 0.1) is 5.82 Å². The van der Waals surface area contributed by atoms with Crippen LogP contribution in [0.25, 0.3) is 0 Å². The Morgan fingerprint density at radius 1 is 1.53 bits per heavy atom. The lowest BCUT2D eigenvalue weighted by Gasteiger charge is -2.24. The topological polar surface area (TPSA) is 29.5 Å². The number of ether oxygens (including phenoxy) is 1. The van der Waals surface area contributed by atoms with E-state index in [-0.39, 0.29) is 0 Å². The van der Waals surface area contributed by atoms with Gasteiger partial charge in [-0.3, -0.25) is 4.79 Å². The Hall–Kier alpha value is -1.68. The molecule has 0 aliphatic heterocycles. The van der Waals surface area contributed by atoms with Crippen molar-refractivity contribution in [2.24, 2.45) is 0 Å². The van der Waals surface area contributed by atoms with Gasteiger partial charge in [0.15, 0.2) is 6.29 Å². The van der Waals surface area contributed by atoms with Gasteiger partial charge in [-0.2, -0.15) is 0 Å². The molecule has 1 rings (SSSR count). The lowest BCUT2D eigenvalue weighted by atomic mass is 10.1. The van der Waals surface area contributed by atoms with Gasteiger partial charge in [0.2, 0.25) is 0 Å². The summed E-state index contributed by atoms with van der Waals surface area (Å²) in [6, 6.07) is 4.16. The predicted octanol–water partition coefficient (Wildman–Crippen LogP) is 2.28. The van der Waals surface area contributed by atoms with Crippen LogP contribution in [0.2, 0.25) is 0 Å². The van der Waals surface area contributed by atoms with Gasteiger partial charge >= 0.3 is 0 Å².